The largest absolute Gasteiger partial charge is 0.365 e. The van der Waals surface area contributed by atoms with E-state index in [1.54, 1.807) is 0 Å². The van der Waals surface area contributed by atoms with E-state index in [2.05, 4.69) is 29.5 Å². The molecule has 0 bridgehead atoms. The molecule has 1 rings (SSSR count). The van der Waals surface area contributed by atoms with Crippen LogP contribution in [-0.4, -0.2) is 10.2 Å². The molecule has 2 heteroatoms. The lowest BCUT2D eigenvalue weighted by molar-refractivity contribution is -0.0510. The highest BCUT2D eigenvalue weighted by atomic mass is 127. The molecular formula is C4H7IO. The highest BCUT2D eigenvalue weighted by molar-refractivity contribution is 14.1. The lowest BCUT2D eigenvalue weighted by atomic mass is 10.2. The Bertz CT molecular complexity index is 43.5. The Balaban J connectivity index is 2.11. The third-order valence-electron chi connectivity index (χ3n) is 0.897. The average Bonchev–Trinajstić information content (AvgIpc) is 1.33. The lowest BCUT2D eigenvalue weighted by Crippen LogP contribution is -2.29. The van der Waals surface area contributed by atoms with Gasteiger partial charge in [-0.3, -0.25) is 0 Å². The van der Waals surface area contributed by atoms with Crippen molar-refractivity contribution in [2.45, 2.75) is 23.6 Å². The van der Waals surface area contributed by atoms with Crippen molar-refractivity contribution in [3.05, 3.63) is 0 Å². The topological polar surface area (TPSA) is 9.23 Å². The van der Waals surface area contributed by atoms with Gasteiger partial charge in [0.25, 0.3) is 0 Å². The fourth-order valence-corrected chi connectivity index (χ4v) is 1.72. The maximum atomic E-state index is 5.13. The van der Waals surface area contributed by atoms with Crippen LogP contribution in [0.2, 0.25) is 0 Å². The minimum Gasteiger partial charge on any atom is -0.365 e. The van der Waals surface area contributed by atoms with Crippen molar-refractivity contribution >= 4 is 22.6 Å². The van der Waals surface area contributed by atoms with E-state index >= 15 is 0 Å². The van der Waals surface area contributed by atoms with E-state index in [1.165, 1.54) is 6.42 Å². The van der Waals surface area contributed by atoms with E-state index in [0.717, 1.165) is 0 Å². The van der Waals surface area contributed by atoms with Crippen LogP contribution in [0.15, 0.2) is 0 Å². The number of alkyl halides is 1. The predicted octanol–water partition coefficient (Wildman–Crippen LogP) is 1.56. The molecule has 0 aromatic rings. The molecule has 2 atom stereocenters. The highest BCUT2D eigenvalue weighted by Crippen LogP contribution is 2.24. The summed E-state index contributed by atoms with van der Waals surface area (Å²) in [5, 5.41) is 0. The fraction of sp³-hybridized carbons (Fsp3) is 1.00. The van der Waals surface area contributed by atoms with Gasteiger partial charge >= 0.3 is 0 Å². The van der Waals surface area contributed by atoms with E-state index in [1.807, 2.05) is 0 Å². The molecule has 1 saturated heterocycles. The Hall–Kier alpha value is 0.690. The maximum absolute atomic E-state index is 5.13. The van der Waals surface area contributed by atoms with Gasteiger partial charge in [-0.2, -0.15) is 0 Å². The molecule has 0 amide bonds. The Kier molecular flexibility index (Phi) is 1.34. The second-order valence-corrected chi connectivity index (χ2v) is 2.98. The zero-order valence-electron chi connectivity index (χ0n) is 3.65. The molecule has 0 saturated carbocycles. The van der Waals surface area contributed by atoms with Crippen LogP contribution in [0.4, 0.5) is 0 Å². The number of hydrogen-bond acceptors (Lipinski definition) is 1. The zero-order chi connectivity index (χ0) is 4.57. The number of rotatable bonds is 0. The first-order valence-corrected chi connectivity index (χ1v) is 3.33. The van der Waals surface area contributed by atoms with Gasteiger partial charge < -0.3 is 4.74 Å². The van der Waals surface area contributed by atoms with Crippen LogP contribution in [-0.2, 0) is 4.74 Å². The first kappa shape index (κ1) is 4.84. The van der Waals surface area contributed by atoms with Crippen LogP contribution >= 0.6 is 22.6 Å². The molecule has 1 aliphatic heterocycles. The Morgan fingerprint density at radius 2 is 2.33 bits per heavy atom. The van der Waals surface area contributed by atoms with Gasteiger partial charge in [0.1, 0.15) is 4.11 Å². The van der Waals surface area contributed by atoms with Gasteiger partial charge in [-0.15, -0.1) is 0 Å². The van der Waals surface area contributed by atoms with E-state index in [4.69, 9.17) is 4.74 Å². The molecule has 1 aliphatic rings. The zero-order valence-corrected chi connectivity index (χ0v) is 5.81. The van der Waals surface area contributed by atoms with Crippen molar-refractivity contribution in [1.29, 1.82) is 0 Å². The third-order valence-corrected chi connectivity index (χ3v) is 1.70. The van der Waals surface area contributed by atoms with Gasteiger partial charge in [-0.1, -0.05) is 22.6 Å². The highest BCUT2D eigenvalue weighted by Gasteiger charge is 2.21. The molecule has 0 N–H and O–H groups in total. The second kappa shape index (κ2) is 1.66. The average molecular weight is 198 g/mol. The quantitative estimate of drug-likeness (QED) is 0.423. The van der Waals surface area contributed by atoms with Crippen molar-refractivity contribution < 1.29 is 4.74 Å². The SMILES string of the molecule is CC1CC(I)O1. The molecule has 2 unspecified atom stereocenters. The van der Waals surface area contributed by atoms with E-state index in [9.17, 15) is 0 Å². The van der Waals surface area contributed by atoms with Crippen molar-refractivity contribution in [3.63, 3.8) is 0 Å². The van der Waals surface area contributed by atoms with E-state index in [0.29, 0.717) is 10.2 Å². The molecule has 0 aliphatic carbocycles. The Morgan fingerprint density at radius 3 is 2.33 bits per heavy atom. The van der Waals surface area contributed by atoms with Gasteiger partial charge in [0, 0.05) is 6.42 Å². The number of hydrogen-bond donors (Lipinski definition) is 0. The molecule has 0 spiro atoms. The first-order valence-electron chi connectivity index (χ1n) is 2.08. The predicted molar refractivity (Wildman–Crippen MR) is 33.0 cm³/mol. The summed E-state index contributed by atoms with van der Waals surface area (Å²) in [6.07, 6.45) is 1.77. The molecule has 1 nitrogen and oxygen atoms in total. The van der Waals surface area contributed by atoms with Crippen LogP contribution in [0.25, 0.3) is 0 Å². The normalized spacial score (nSPS) is 45.0. The van der Waals surface area contributed by atoms with Crippen LogP contribution in [0.5, 0.6) is 0 Å². The van der Waals surface area contributed by atoms with Crippen LogP contribution < -0.4 is 0 Å². The fourth-order valence-electron chi connectivity index (χ4n) is 0.502. The summed E-state index contributed by atoms with van der Waals surface area (Å²) in [6.45, 7) is 2.09. The van der Waals surface area contributed by atoms with Crippen LogP contribution in [0, 0.1) is 0 Å². The molecule has 1 fully saturated rings. The van der Waals surface area contributed by atoms with Crippen LogP contribution in [0.3, 0.4) is 0 Å². The smallest absolute Gasteiger partial charge is 0.111 e. The van der Waals surface area contributed by atoms with Gasteiger partial charge in [0.15, 0.2) is 0 Å². The molecule has 0 aromatic heterocycles. The molecule has 6 heavy (non-hydrogen) atoms. The molecule has 0 aromatic carbocycles. The summed E-state index contributed by atoms with van der Waals surface area (Å²) in [4.78, 5) is 0. The summed E-state index contributed by atoms with van der Waals surface area (Å²) in [7, 11) is 0. The lowest BCUT2D eigenvalue weighted by Gasteiger charge is -2.28. The number of ether oxygens (including phenoxy) is 1. The van der Waals surface area contributed by atoms with Crippen molar-refractivity contribution in [1.82, 2.24) is 0 Å². The van der Waals surface area contributed by atoms with Gasteiger partial charge in [0.2, 0.25) is 0 Å². The molecular weight excluding hydrogens is 191 g/mol. The van der Waals surface area contributed by atoms with Crippen molar-refractivity contribution in [2.24, 2.45) is 0 Å². The van der Waals surface area contributed by atoms with Gasteiger partial charge in [-0.25, -0.2) is 0 Å². The van der Waals surface area contributed by atoms with Crippen LogP contribution in [0.1, 0.15) is 13.3 Å². The van der Waals surface area contributed by atoms with E-state index < -0.39 is 0 Å². The number of halogens is 1. The maximum Gasteiger partial charge on any atom is 0.111 e. The van der Waals surface area contributed by atoms with Crippen molar-refractivity contribution in [2.75, 3.05) is 0 Å². The van der Waals surface area contributed by atoms with Gasteiger partial charge in [-0.05, 0) is 6.92 Å². The summed E-state index contributed by atoms with van der Waals surface area (Å²) < 4.78 is 5.64. The summed E-state index contributed by atoms with van der Waals surface area (Å²) in [6, 6.07) is 0. The van der Waals surface area contributed by atoms with E-state index in [-0.39, 0.29) is 0 Å². The van der Waals surface area contributed by atoms with Gasteiger partial charge in [0.05, 0.1) is 6.10 Å². The minimum absolute atomic E-state index is 0.512. The second-order valence-electron chi connectivity index (χ2n) is 1.59. The third kappa shape index (κ3) is 0.846. The summed E-state index contributed by atoms with van der Waals surface area (Å²) in [5.74, 6) is 0. The molecule has 1 heterocycles. The minimum atomic E-state index is 0.512. The standard InChI is InChI=1S/C4H7IO/c1-3-2-4(5)6-3/h3-4H,2H2,1H3. The molecule has 36 valence electrons. The summed E-state index contributed by atoms with van der Waals surface area (Å²) in [5.41, 5.74) is 0. The van der Waals surface area contributed by atoms with Crippen molar-refractivity contribution in [3.8, 4) is 0 Å². The Labute approximate surface area is 51.2 Å². The first-order chi connectivity index (χ1) is 2.79. The monoisotopic (exact) mass is 198 g/mol. The molecule has 0 radical (unpaired) electrons. The Morgan fingerprint density at radius 1 is 1.83 bits per heavy atom. The summed E-state index contributed by atoms with van der Waals surface area (Å²) >= 11 is 2.29.